The summed E-state index contributed by atoms with van der Waals surface area (Å²) in [6.07, 6.45) is 38.9. The van der Waals surface area contributed by atoms with Gasteiger partial charge in [-0.2, -0.15) is 0 Å². The number of aliphatic hydroxyl groups excluding tert-OH is 3. The van der Waals surface area contributed by atoms with Crippen molar-refractivity contribution < 1.29 is 20.1 Å². The van der Waals surface area contributed by atoms with E-state index in [2.05, 4.69) is 64.1 Å². The van der Waals surface area contributed by atoms with Crippen LogP contribution in [-0.2, 0) is 25.7 Å². The van der Waals surface area contributed by atoms with Gasteiger partial charge in [-0.05, 0) is 85.3 Å². The predicted molar refractivity (Wildman–Crippen MR) is 247 cm³/mol. The van der Waals surface area contributed by atoms with Crippen molar-refractivity contribution >= 4 is 0 Å². The third-order valence-electron chi connectivity index (χ3n) is 12.7. The fraction of sp³-hybridized carbons (Fsp3) is 0.774. The average Bonchev–Trinajstić information content (AvgIpc) is 3.23. The SMILES string of the molecule is CCCCCCCCCc1cccc(OC(c2cccc(CCCCCCCCC)c2CCCCCCCCC)C(CO)(CO)CO)c1CCCCCCCCC. The Balaban J connectivity index is 2.50. The second kappa shape index (κ2) is 33.9. The minimum absolute atomic E-state index is 0.353. The Hall–Kier alpha value is -1.88. The lowest BCUT2D eigenvalue weighted by atomic mass is 9.77. The van der Waals surface area contributed by atoms with Crippen LogP contribution in [-0.4, -0.2) is 35.1 Å². The predicted octanol–water partition coefficient (Wildman–Crippen LogP) is 14.9. The Labute approximate surface area is 353 Å². The maximum Gasteiger partial charge on any atom is 0.136 e. The minimum atomic E-state index is -1.22. The first-order valence-corrected chi connectivity index (χ1v) is 24.8. The van der Waals surface area contributed by atoms with Crippen LogP contribution in [0.3, 0.4) is 0 Å². The van der Waals surface area contributed by atoms with E-state index in [9.17, 15) is 15.3 Å². The summed E-state index contributed by atoms with van der Waals surface area (Å²) in [5.74, 6) is 0.866. The maximum absolute atomic E-state index is 11.0. The number of benzene rings is 2. The quantitative estimate of drug-likeness (QED) is 0.0590. The number of unbranched alkanes of at least 4 members (excludes halogenated alkanes) is 24. The van der Waals surface area contributed by atoms with Gasteiger partial charge in [-0.1, -0.05) is 212 Å². The zero-order valence-corrected chi connectivity index (χ0v) is 38.0. The van der Waals surface area contributed by atoms with Crippen molar-refractivity contribution in [3.05, 3.63) is 64.2 Å². The van der Waals surface area contributed by atoms with E-state index in [1.807, 2.05) is 0 Å². The fourth-order valence-electron chi connectivity index (χ4n) is 8.79. The average molecular weight is 793 g/mol. The monoisotopic (exact) mass is 793 g/mol. The van der Waals surface area contributed by atoms with Crippen molar-refractivity contribution in [1.29, 1.82) is 0 Å². The number of hydrogen-bond donors (Lipinski definition) is 3. The summed E-state index contributed by atoms with van der Waals surface area (Å²) in [4.78, 5) is 0. The van der Waals surface area contributed by atoms with Gasteiger partial charge in [-0.15, -0.1) is 0 Å². The molecule has 0 radical (unpaired) electrons. The highest BCUT2D eigenvalue weighted by Gasteiger charge is 2.42. The van der Waals surface area contributed by atoms with E-state index in [1.54, 1.807) is 0 Å². The third kappa shape index (κ3) is 20.3. The molecule has 0 aromatic heterocycles. The Morgan fingerprint density at radius 1 is 0.404 bits per heavy atom. The molecule has 0 saturated carbocycles. The van der Waals surface area contributed by atoms with E-state index in [1.165, 1.54) is 189 Å². The van der Waals surface area contributed by atoms with Crippen molar-refractivity contribution in [2.45, 2.75) is 239 Å². The lowest BCUT2D eigenvalue weighted by Crippen LogP contribution is -2.43. The van der Waals surface area contributed by atoms with Crippen LogP contribution in [0.15, 0.2) is 36.4 Å². The lowest BCUT2D eigenvalue weighted by molar-refractivity contribution is -0.0748. The molecule has 2 aromatic rings. The van der Waals surface area contributed by atoms with E-state index in [0.29, 0.717) is 0 Å². The van der Waals surface area contributed by atoms with E-state index in [0.717, 1.165) is 49.8 Å². The standard InChI is InChI=1S/C53H92O4/c1-5-9-13-17-21-25-29-35-46-37-33-41-50(48(46)39-31-27-23-19-15-11-7-3)52(53(43-54,44-55)45-56)57-51-42-34-38-47(36-30-26-22-18-14-10-6-2)49(51)40-32-28-24-20-16-12-8-4/h33-34,37-38,41-42,52,54-56H,5-32,35-36,39-40,43-45H2,1-4H3. The summed E-state index contributed by atoms with van der Waals surface area (Å²) in [5.41, 5.74) is 5.17. The summed E-state index contributed by atoms with van der Waals surface area (Å²) < 4.78 is 7.26. The minimum Gasteiger partial charge on any atom is -0.485 e. The molecule has 0 bridgehead atoms. The van der Waals surface area contributed by atoms with Crippen molar-refractivity contribution in [3.63, 3.8) is 0 Å². The first-order chi connectivity index (χ1) is 28.0. The Morgan fingerprint density at radius 3 is 1.14 bits per heavy atom. The largest absolute Gasteiger partial charge is 0.485 e. The molecule has 328 valence electrons. The molecule has 2 rings (SSSR count). The molecule has 0 amide bonds. The van der Waals surface area contributed by atoms with Crippen LogP contribution in [0.4, 0.5) is 0 Å². The second-order valence-corrected chi connectivity index (χ2v) is 17.7. The molecule has 0 aliphatic carbocycles. The molecule has 1 unspecified atom stereocenters. The Bertz CT molecular complexity index is 1210. The molecule has 4 nitrogen and oxygen atoms in total. The van der Waals surface area contributed by atoms with Crippen molar-refractivity contribution in [1.82, 2.24) is 0 Å². The van der Waals surface area contributed by atoms with Gasteiger partial charge in [0.25, 0.3) is 0 Å². The molecule has 4 heteroatoms. The summed E-state index contributed by atoms with van der Waals surface area (Å²) in [6.45, 7) is 8.06. The number of rotatable bonds is 39. The van der Waals surface area contributed by atoms with Gasteiger partial charge >= 0.3 is 0 Å². The molecule has 0 aliphatic rings. The van der Waals surface area contributed by atoms with Gasteiger partial charge in [-0.25, -0.2) is 0 Å². The Morgan fingerprint density at radius 2 is 0.737 bits per heavy atom. The molecular formula is C53H92O4. The van der Waals surface area contributed by atoms with Crippen molar-refractivity contribution in [3.8, 4) is 5.75 Å². The third-order valence-corrected chi connectivity index (χ3v) is 12.7. The summed E-state index contributed by atoms with van der Waals surface area (Å²) in [7, 11) is 0. The molecule has 3 N–H and O–H groups in total. The number of aryl methyl sites for hydroxylation is 2. The molecule has 0 spiro atoms. The van der Waals surface area contributed by atoms with Gasteiger partial charge in [0, 0.05) is 0 Å². The van der Waals surface area contributed by atoms with Crippen LogP contribution in [0.1, 0.15) is 241 Å². The highest BCUT2D eigenvalue weighted by atomic mass is 16.5. The van der Waals surface area contributed by atoms with Gasteiger partial charge in [0.15, 0.2) is 0 Å². The highest BCUT2D eigenvalue weighted by Crippen LogP contribution is 2.42. The van der Waals surface area contributed by atoms with Crippen LogP contribution >= 0.6 is 0 Å². The van der Waals surface area contributed by atoms with E-state index < -0.39 is 11.5 Å². The van der Waals surface area contributed by atoms with Gasteiger partial charge < -0.3 is 20.1 Å². The highest BCUT2D eigenvalue weighted by molar-refractivity contribution is 5.43. The summed E-state index contributed by atoms with van der Waals surface area (Å²) >= 11 is 0. The number of hydrogen-bond acceptors (Lipinski definition) is 4. The van der Waals surface area contributed by atoms with Crippen LogP contribution in [0.25, 0.3) is 0 Å². The number of aliphatic hydroxyl groups is 3. The fourth-order valence-corrected chi connectivity index (χ4v) is 8.79. The molecule has 57 heavy (non-hydrogen) atoms. The van der Waals surface area contributed by atoms with Crippen LogP contribution in [0.5, 0.6) is 5.75 Å². The van der Waals surface area contributed by atoms with E-state index in [-0.39, 0.29) is 19.8 Å². The van der Waals surface area contributed by atoms with E-state index in [4.69, 9.17) is 4.74 Å². The maximum atomic E-state index is 11.0. The zero-order valence-electron chi connectivity index (χ0n) is 38.0. The lowest BCUT2D eigenvalue weighted by Gasteiger charge is -2.38. The Kier molecular flexibility index (Phi) is 30.5. The van der Waals surface area contributed by atoms with Crippen molar-refractivity contribution in [2.75, 3.05) is 19.8 Å². The number of ether oxygens (including phenoxy) is 1. The van der Waals surface area contributed by atoms with Gasteiger partial charge in [-0.3, -0.25) is 0 Å². The molecule has 0 aliphatic heterocycles. The zero-order chi connectivity index (χ0) is 41.2. The second-order valence-electron chi connectivity index (χ2n) is 17.7. The molecule has 0 fully saturated rings. The molecular weight excluding hydrogens is 701 g/mol. The first-order valence-electron chi connectivity index (χ1n) is 24.8. The van der Waals surface area contributed by atoms with Crippen LogP contribution < -0.4 is 4.74 Å². The topological polar surface area (TPSA) is 69.9 Å². The van der Waals surface area contributed by atoms with Gasteiger partial charge in [0.05, 0.1) is 25.2 Å². The normalized spacial score (nSPS) is 12.4. The smallest absolute Gasteiger partial charge is 0.136 e. The molecule has 1 atom stereocenters. The first kappa shape index (κ1) is 51.3. The van der Waals surface area contributed by atoms with Crippen LogP contribution in [0, 0.1) is 5.41 Å². The van der Waals surface area contributed by atoms with Gasteiger partial charge in [0.1, 0.15) is 11.9 Å². The molecule has 2 aromatic carbocycles. The van der Waals surface area contributed by atoms with Crippen molar-refractivity contribution in [2.24, 2.45) is 5.41 Å². The van der Waals surface area contributed by atoms with Gasteiger partial charge in [0.2, 0.25) is 0 Å². The summed E-state index contributed by atoms with van der Waals surface area (Å²) in [5, 5.41) is 33.1. The van der Waals surface area contributed by atoms with E-state index >= 15 is 0 Å². The van der Waals surface area contributed by atoms with Crippen LogP contribution in [0.2, 0.25) is 0 Å². The molecule has 0 heterocycles. The summed E-state index contributed by atoms with van der Waals surface area (Å²) in [6, 6.07) is 13.2. The molecule has 0 saturated heterocycles.